The summed E-state index contributed by atoms with van der Waals surface area (Å²) in [5, 5.41) is 10.2. The van der Waals surface area contributed by atoms with Gasteiger partial charge in [-0.25, -0.2) is 0 Å². The summed E-state index contributed by atoms with van der Waals surface area (Å²) >= 11 is 0. The van der Waals surface area contributed by atoms with E-state index in [-0.39, 0.29) is 0 Å². The number of hydrogen-bond donors (Lipinski definition) is 1. The number of benzene rings is 1. The molecule has 0 heterocycles. The summed E-state index contributed by atoms with van der Waals surface area (Å²) in [7, 11) is 0. The van der Waals surface area contributed by atoms with E-state index < -0.39 is 0 Å². The molecule has 0 bridgehead atoms. The first-order chi connectivity index (χ1) is 10.8. The van der Waals surface area contributed by atoms with Crippen molar-refractivity contribution < 1.29 is 5.11 Å². The van der Waals surface area contributed by atoms with Gasteiger partial charge in [-0.2, -0.15) is 0 Å². The molecule has 1 rings (SSSR count). The highest BCUT2D eigenvalue weighted by Gasteiger charge is 2.07. The normalized spacial score (nSPS) is 11.0. The van der Waals surface area contributed by atoms with Gasteiger partial charge >= 0.3 is 0 Å². The molecule has 0 saturated heterocycles. The summed E-state index contributed by atoms with van der Waals surface area (Å²) in [6.07, 6.45) is 16.6. The molecule has 0 radical (unpaired) electrons. The molecule has 0 aromatic heterocycles. The summed E-state index contributed by atoms with van der Waals surface area (Å²) in [6, 6.07) is 6.07. The Balaban J connectivity index is 2.37. The zero-order valence-electron chi connectivity index (χ0n) is 14.9. The summed E-state index contributed by atoms with van der Waals surface area (Å²) in [6.45, 7) is 4.52. The zero-order chi connectivity index (χ0) is 16.0. The van der Waals surface area contributed by atoms with Gasteiger partial charge in [-0.3, -0.25) is 0 Å². The van der Waals surface area contributed by atoms with E-state index in [9.17, 15) is 5.11 Å². The van der Waals surface area contributed by atoms with Crippen LogP contribution < -0.4 is 0 Å². The Labute approximate surface area is 138 Å². The van der Waals surface area contributed by atoms with Crippen molar-refractivity contribution in [1.82, 2.24) is 0 Å². The Hall–Kier alpha value is -0.980. The molecule has 22 heavy (non-hydrogen) atoms. The minimum absolute atomic E-state index is 0.514. The van der Waals surface area contributed by atoms with Gasteiger partial charge in [-0.05, 0) is 42.9 Å². The molecule has 0 fully saturated rings. The van der Waals surface area contributed by atoms with Gasteiger partial charge in [-0.15, -0.1) is 0 Å². The smallest absolute Gasteiger partial charge is 0.119 e. The Morgan fingerprint density at radius 2 is 1.23 bits per heavy atom. The van der Waals surface area contributed by atoms with Gasteiger partial charge in [0, 0.05) is 0 Å². The van der Waals surface area contributed by atoms with Crippen LogP contribution in [0, 0.1) is 0 Å². The van der Waals surface area contributed by atoms with Gasteiger partial charge < -0.3 is 5.11 Å². The number of aromatic hydroxyl groups is 1. The van der Waals surface area contributed by atoms with E-state index >= 15 is 0 Å². The molecule has 1 heteroatoms. The second-order valence-corrected chi connectivity index (χ2v) is 6.60. The monoisotopic (exact) mass is 304 g/mol. The Morgan fingerprint density at radius 1 is 0.682 bits per heavy atom. The highest BCUT2D eigenvalue weighted by molar-refractivity contribution is 5.39. The summed E-state index contributed by atoms with van der Waals surface area (Å²) in [5.41, 5.74) is 2.60. The van der Waals surface area contributed by atoms with E-state index in [1.54, 1.807) is 0 Å². The lowest BCUT2D eigenvalue weighted by atomic mass is 9.95. The van der Waals surface area contributed by atoms with E-state index in [0.29, 0.717) is 5.75 Å². The molecule has 1 N–H and O–H groups in total. The van der Waals surface area contributed by atoms with Crippen LogP contribution in [0.25, 0.3) is 0 Å². The number of unbranched alkanes of at least 4 members (excludes halogenated alkanes) is 9. The maximum Gasteiger partial charge on any atom is 0.119 e. The number of phenols is 1. The van der Waals surface area contributed by atoms with Gasteiger partial charge in [0.15, 0.2) is 0 Å². The van der Waals surface area contributed by atoms with Crippen LogP contribution in [0.2, 0.25) is 0 Å². The van der Waals surface area contributed by atoms with Crippen LogP contribution in [0.3, 0.4) is 0 Å². The molecule has 0 saturated carbocycles. The van der Waals surface area contributed by atoms with Gasteiger partial charge in [0.1, 0.15) is 5.75 Å². The summed E-state index contributed by atoms with van der Waals surface area (Å²) in [4.78, 5) is 0. The van der Waals surface area contributed by atoms with Gasteiger partial charge in [-0.1, -0.05) is 83.8 Å². The molecule has 0 amide bonds. The number of aryl methyl sites for hydroxylation is 1. The molecule has 0 atom stereocenters. The minimum Gasteiger partial charge on any atom is -0.508 e. The van der Waals surface area contributed by atoms with Crippen molar-refractivity contribution in [3.05, 3.63) is 29.3 Å². The average molecular weight is 305 g/mol. The molecule has 0 unspecified atom stereocenters. The molecule has 0 spiro atoms. The van der Waals surface area contributed by atoms with E-state index in [1.165, 1.54) is 81.8 Å². The molecule has 1 nitrogen and oxygen atoms in total. The highest BCUT2D eigenvalue weighted by Crippen LogP contribution is 2.25. The third-order valence-electron chi connectivity index (χ3n) is 4.58. The fourth-order valence-corrected chi connectivity index (χ4v) is 3.15. The SMILES string of the molecule is CCCCCCCCc1c(O)cccc1CCCCCCC. The van der Waals surface area contributed by atoms with E-state index in [2.05, 4.69) is 19.9 Å². The summed E-state index contributed by atoms with van der Waals surface area (Å²) < 4.78 is 0. The standard InChI is InChI=1S/C21H36O/c1-3-5-7-9-11-13-17-20-19(16-14-18-21(20)22)15-12-10-8-6-4-2/h14,16,18,22H,3-13,15,17H2,1-2H3. The first-order valence-electron chi connectivity index (χ1n) is 9.59. The quantitative estimate of drug-likeness (QED) is 0.397. The molecule has 0 aliphatic rings. The third kappa shape index (κ3) is 7.87. The first-order valence-corrected chi connectivity index (χ1v) is 9.59. The maximum atomic E-state index is 10.2. The minimum atomic E-state index is 0.514. The molecule has 126 valence electrons. The van der Waals surface area contributed by atoms with Crippen molar-refractivity contribution in [2.45, 2.75) is 97.3 Å². The number of hydrogen-bond acceptors (Lipinski definition) is 1. The van der Waals surface area contributed by atoms with Crippen molar-refractivity contribution >= 4 is 0 Å². The topological polar surface area (TPSA) is 20.2 Å². The van der Waals surface area contributed by atoms with Gasteiger partial charge in [0.25, 0.3) is 0 Å². The molecule has 0 aliphatic heterocycles. The van der Waals surface area contributed by atoms with E-state index in [4.69, 9.17) is 0 Å². The van der Waals surface area contributed by atoms with Gasteiger partial charge in [0.05, 0.1) is 0 Å². The first kappa shape index (κ1) is 19.1. The van der Waals surface area contributed by atoms with Crippen molar-refractivity contribution in [2.24, 2.45) is 0 Å². The van der Waals surface area contributed by atoms with Gasteiger partial charge in [0.2, 0.25) is 0 Å². The molecule has 1 aromatic rings. The molecule has 0 aliphatic carbocycles. The largest absolute Gasteiger partial charge is 0.508 e. The van der Waals surface area contributed by atoms with Crippen LogP contribution in [0.15, 0.2) is 18.2 Å². The predicted octanol–water partition coefficient (Wildman–Crippen LogP) is 6.81. The average Bonchev–Trinajstić information content (AvgIpc) is 2.52. The van der Waals surface area contributed by atoms with E-state index in [1.807, 2.05) is 12.1 Å². The fourth-order valence-electron chi connectivity index (χ4n) is 3.15. The van der Waals surface area contributed by atoms with Crippen molar-refractivity contribution in [3.8, 4) is 5.75 Å². The lowest BCUT2D eigenvalue weighted by molar-refractivity contribution is 0.464. The number of rotatable bonds is 13. The Morgan fingerprint density at radius 3 is 1.86 bits per heavy atom. The molecule has 1 aromatic carbocycles. The fraction of sp³-hybridized carbons (Fsp3) is 0.714. The van der Waals surface area contributed by atoms with Crippen molar-refractivity contribution in [3.63, 3.8) is 0 Å². The number of phenolic OH excluding ortho intramolecular Hbond substituents is 1. The Kier molecular flexibility index (Phi) is 10.9. The highest BCUT2D eigenvalue weighted by atomic mass is 16.3. The van der Waals surface area contributed by atoms with Crippen molar-refractivity contribution in [2.75, 3.05) is 0 Å². The lowest BCUT2D eigenvalue weighted by Gasteiger charge is -2.11. The molecular formula is C21H36O. The summed E-state index contributed by atoms with van der Waals surface area (Å²) in [5.74, 6) is 0.514. The van der Waals surface area contributed by atoms with Crippen LogP contribution in [0.4, 0.5) is 0 Å². The van der Waals surface area contributed by atoms with Crippen LogP contribution >= 0.6 is 0 Å². The van der Waals surface area contributed by atoms with Crippen LogP contribution in [0.1, 0.15) is 95.6 Å². The van der Waals surface area contributed by atoms with Crippen LogP contribution in [-0.2, 0) is 12.8 Å². The predicted molar refractivity (Wildman–Crippen MR) is 97.6 cm³/mol. The third-order valence-corrected chi connectivity index (χ3v) is 4.58. The zero-order valence-corrected chi connectivity index (χ0v) is 14.9. The van der Waals surface area contributed by atoms with E-state index in [0.717, 1.165) is 12.8 Å². The second-order valence-electron chi connectivity index (χ2n) is 6.60. The maximum absolute atomic E-state index is 10.2. The van der Waals surface area contributed by atoms with Crippen LogP contribution in [-0.4, -0.2) is 5.11 Å². The Bertz CT molecular complexity index is 383. The second kappa shape index (κ2) is 12.6. The molecular weight excluding hydrogens is 268 g/mol. The van der Waals surface area contributed by atoms with Crippen molar-refractivity contribution in [1.29, 1.82) is 0 Å². The lowest BCUT2D eigenvalue weighted by Crippen LogP contribution is -1.96. The van der Waals surface area contributed by atoms with Crippen LogP contribution in [0.5, 0.6) is 5.75 Å².